The minimum Gasteiger partial charge on any atom is -0.508 e. The van der Waals surface area contributed by atoms with Crippen LogP contribution in [-0.2, 0) is 4.79 Å². The molecule has 2 aromatic rings. The largest absolute Gasteiger partial charge is 0.508 e. The molecule has 0 radical (unpaired) electrons. The van der Waals surface area contributed by atoms with Gasteiger partial charge in [0.15, 0.2) is 0 Å². The summed E-state index contributed by atoms with van der Waals surface area (Å²) in [6.07, 6.45) is 1.62. The number of hydrogen-bond acceptors (Lipinski definition) is 4. The highest BCUT2D eigenvalue weighted by molar-refractivity contribution is 8.19. The highest BCUT2D eigenvalue weighted by Crippen LogP contribution is 2.37. The molecule has 0 unspecified atom stereocenters. The second-order valence-electron chi connectivity index (χ2n) is 5.40. The zero-order chi connectivity index (χ0) is 16.6. The lowest BCUT2D eigenvalue weighted by molar-refractivity contribution is -0.113. The van der Waals surface area contributed by atoms with Crippen molar-refractivity contribution in [2.24, 2.45) is 0 Å². The van der Waals surface area contributed by atoms with E-state index in [2.05, 4.69) is 0 Å². The van der Waals surface area contributed by atoms with Gasteiger partial charge in [-0.05, 0) is 66.6 Å². The number of rotatable bonds is 2. The minimum atomic E-state index is -0.336. The maximum atomic E-state index is 12.6. The van der Waals surface area contributed by atoms with Gasteiger partial charge in [-0.2, -0.15) is 0 Å². The van der Waals surface area contributed by atoms with E-state index >= 15 is 0 Å². The molecule has 0 bridgehead atoms. The Hall–Kier alpha value is -2.53. The number of carbonyl (C=O) groups excluding carboxylic acids is 2. The lowest BCUT2D eigenvalue weighted by Crippen LogP contribution is -2.28. The Bertz CT molecular complexity index is 842. The first-order valence-corrected chi connectivity index (χ1v) is 7.91. The zero-order valence-corrected chi connectivity index (χ0v) is 13.6. The number of nitrogens with zero attached hydrogens (tertiary/aromatic N) is 1. The third-order valence-electron chi connectivity index (χ3n) is 3.57. The number of phenolic OH excluding ortho intramolecular Hbond substituents is 1. The Labute approximate surface area is 138 Å². The summed E-state index contributed by atoms with van der Waals surface area (Å²) in [5.41, 5.74) is 3.15. The van der Waals surface area contributed by atoms with Crippen LogP contribution < -0.4 is 4.90 Å². The topological polar surface area (TPSA) is 57.6 Å². The molecule has 0 aromatic heterocycles. The van der Waals surface area contributed by atoms with Gasteiger partial charge in [0.05, 0.1) is 10.6 Å². The van der Waals surface area contributed by atoms with Crippen LogP contribution in [0.25, 0.3) is 6.08 Å². The van der Waals surface area contributed by atoms with Gasteiger partial charge in [0.2, 0.25) is 0 Å². The molecule has 1 aliphatic rings. The van der Waals surface area contributed by atoms with Gasteiger partial charge in [0.1, 0.15) is 5.75 Å². The SMILES string of the molecule is Cc1ccc(C)c(N2C(=O)S/C(=C\c3cccc(O)c3)C2=O)c1. The summed E-state index contributed by atoms with van der Waals surface area (Å²) in [4.78, 5) is 26.5. The van der Waals surface area contributed by atoms with Crippen LogP contribution in [0, 0.1) is 13.8 Å². The van der Waals surface area contributed by atoms with Crippen molar-refractivity contribution in [2.45, 2.75) is 13.8 Å². The number of thioether (sulfide) groups is 1. The summed E-state index contributed by atoms with van der Waals surface area (Å²) in [6, 6.07) is 12.2. The Balaban J connectivity index is 1.99. The van der Waals surface area contributed by atoms with Gasteiger partial charge in [0.25, 0.3) is 11.1 Å². The van der Waals surface area contributed by atoms with E-state index < -0.39 is 0 Å². The van der Waals surface area contributed by atoms with Crippen molar-refractivity contribution in [1.29, 1.82) is 0 Å². The first-order valence-electron chi connectivity index (χ1n) is 7.10. The molecule has 1 aliphatic heterocycles. The van der Waals surface area contributed by atoms with Crippen molar-refractivity contribution < 1.29 is 14.7 Å². The summed E-state index contributed by atoms with van der Waals surface area (Å²) in [5.74, 6) is -0.218. The smallest absolute Gasteiger partial charge is 0.298 e. The Morgan fingerprint density at radius 2 is 1.87 bits per heavy atom. The Morgan fingerprint density at radius 3 is 2.61 bits per heavy atom. The molecule has 1 fully saturated rings. The number of phenols is 1. The third-order valence-corrected chi connectivity index (χ3v) is 4.44. The molecule has 4 nitrogen and oxygen atoms in total. The fourth-order valence-corrected chi connectivity index (χ4v) is 3.24. The maximum Gasteiger partial charge on any atom is 0.298 e. The van der Waals surface area contributed by atoms with Gasteiger partial charge in [-0.1, -0.05) is 24.3 Å². The highest BCUT2D eigenvalue weighted by atomic mass is 32.2. The molecule has 2 amide bonds. The Morgan fingerprint density at radius 1 is 1.09 bits per heavy atom. The molecule has 5 heteroatoms. The lowest BCUT2D eigenvalue weighted by atomic mass is 10.1. The minimum absolute atomic E-state index is 0.118. The van der Waals surface area contributed by atoms with Gasteiger partial charge in [-0.3, -0.25) is 9.59 Å². The van der Waals surface area contributed by atoms with Crippen LogP contribution in [0.2, 0.25) is 0 Å². The lowest BCUT2D eigenvalue weighted by Gasteiger charge is -2.16. The number of anilines is 1. The van der Waals surface area contributed by atoms with E-state index in [1.807, 2.05) is 32.0 Å². The number of carbonyl (C=O) groups is 2. The number of hydrogen-bond donors (Lipinski definition) is 1. The van der Waals surface area contributed by atoms with Crippen LogP contribution in [0.15, 0.2) is 47.4 Å². The zero-order valence-electron chi connectivity index (χ0n) is 12.7. The molecule has 0 spiro atoms. The molecular weight excluding hydrogens is 310 g/mol. The number of aromatic hydroxyl groups is 1. The average molecular weight is 325 g/mol. The molecule has 1 N–H and O–H groups in total. The van der Waals surface area contributed by atoms with Gasteiger partial charge in [-0.25, -0.2) is 4.90 Å². The van der Waals surface area contributed by atoms with Crippen molar-refractivity contribution in [3.8, 4) is 5.75 Å². The fourth-order valence-electron chi connectivity index (χ4n) is 2.40. The summed E-state index contributed by atoms with van der Waals surface area (Å²) >= 11 is 0.909. The monoisotopic (exact) mass is 325 g/mol. The van der Waals surface area contributed by atoms with Gasteiger partial charge in [0, 0.05) is 0 Å². The van der Waals surface area contributed by atoms with Crippen molar-refractivity contribution in [2.75, 3.05) is 4.90 Å². The molecule has 3 rings (SSSR count). The normalized spacial score (nSPS) is 16.4. The first-order chi connectivity index (χ1) is 11.0. The molecule has 116 valence electrons. The van der Waals surface area contributed by atoms with Gasteiger partial charge in [-0.15, -0.1) is 0 Å². The van der Waals surface area contributed by atoms with E-state index in [0.717, 1.165) is 22.9 Å². The van der Waals surface area contributed by atoms with Crippen molar-refractivity contribution >= 4 is 34.7 Å². The van der Waals surface area contributed by atoms with Crippen LogP contribution >= 0.6 is 11.8 Å². The number of amides is 2. The third kappa shape index (κ3) is 3.00. The Kier molecular flexibility index (Phi) is 3.96. The average Bonchev–Trinajstić information content (AvgIpc) is 2.76. The van der Waals surface area contributed by atoms with E-state index in [0.29, 0.717) is 16.2 Å². The standard InChI is InChI=1S/C18H15NO3S/c1-11-6-7-12(2)15(8-11)19-17(21)16(23-18(19)22)10-13-4-3-5-14(20)9-13/h3-10,20H,1-2H3/b16-10-. The van der Waals surface area contributed by atoms with Crippen LogP contribution in [0.3, 0.4) is 0 Å². The first kappa shape index (κ1) is 15.4. The van der Waals surface area contributed by atoms with Crippen molar-refractivity contribution in [3.05, 3.63) is 64.1 Å². The van der Waals surface area contributed by atoms with E-state index in [-0.39, 0.29) is 16.9 Å². The molecule has 1 heterocycles. The molecule has 2 aromatic carbocycles. The predicted octanol–water partition coefficient (Wildman–Crippen LogP) is 4.25. The molecule has 23 heavy (non-hydrogen) atoms. The summed E-state index contributed by atoms with van der Waals surface area (Å²) < 4.78 is 0. The second-order valence-corrected chi connectivity index (χ2v) is 6.40. The fraction of sp³-hybridized carbons (Fsp3) is 0.111. The molecule has 0 atom stereocenters. The van der Waals surface area contributed by atoms with Crippen LogP contribution in [0.4, 0.5) is 10.5 Å². The summed E-state index contributed by atoms with van der Waals surface area (Å²) in [6.45, 7) is 3.79. The molecular formula is C18H15NO3S. The van der Waals surface area contributed by atoms with E-state index in [4.69, 9.17) is 0 Å². The molecule has 0 saturated carbocycles. The second kappa shape index (κ2) is 5.93. The summed E-state index contributed by atoms with van der Waals surface area (Å²) in [5, 5.41) is 9.19. The summed E-state index contributed by atoms with van der Waals surface area (Å²) in [7, 11) is 0. The van der Waals surface area contributed by atoms with E-state index in [1.165, 1.54) is 4.90 Å². The van der Waals surface area contributed by atoms with Crippen LogP contribution in [0.1, 0.15) is 16.7 Å². The van der Waals surface area contributed by atoms with Gasteiger partial charge < -0.3 is 5.11 Å². The number of aryl methyl sites for hydroxylation is 2. The molecule has 0 aliphatic carbocycles. The molecule has 1 saturated heterocycles. The van der Waals surface area contributed by atoms with Crippen molar-refractivity contribution in [1.82, 2.24) is 0 Å². The van der Waals surface area contributed by atoms with E-state index in [1.54, 1.807) is 30.3 Å². The number of imide groups is 1. The quantitative estimate of drug-likeness (QED) is 0.839. The predicted molar refractivity (Wildman–Crippen MR) is 92.5 cm³/mol. The van der Waals surface area contributed by atoms with Crippen LogP contribution in [0.5, 0.6) is 5.75 Å². The number of benzene rings is 2. The highest BCUT2D eigenvalue weighted by Gasteiger charge is 2.36. The van der Waals surface area contributed by atoms with Crippen LogP contribution in [-0.4, -0.2) is 16.3 Å². The van der Waals surface area contributed by atoms with E-state index in [9.17, 15) is 14.7 Å². The van der Waals surface area contributed by atoms with Gasteiger partial charge >= 0.3 is 0 Å². The van der Waals surface area contributed by atoms with Crippen molar-refractivity contribution in [3.63, 3.8) is 0 Å². The maximum absolute atomic E-state index is 12.6.